The SMILES string of the molecule is O=[N+]([O-])c1cc(C2Oc3ccc(Br)cc3C3CC(c4ccc5ccccc5c4)=NN32)ccc1Cl. The molecule has 4 aromatic rings. The summed E-state index contributed by atoms with van der Waals surface area (Å²) in [5.41, 5.74) is 3.48. The van der Waals surface area contributed by atoms with E-state index in [0.29, 0.717) is 12.0 Å². The number of nitrogens with zero attached hydrogens (tertiary/aromatic N) is 3. The Bertz CT molecular complexity index is 1510. The second-order valence-corrected chi connectivity index (χ2v) is 9.65. The van der Waals surface area contributed by atoms with Crippen molar-refractivity contribution in [1.82, 2.24) is 5.01 Å². The number of nitro benzene ring substituents is 1. The van der Waals surface area contributed by atoms with E-state index in [9.17, 15) is 10.1 Å². The summed E-state index contributed by atoms with van der Waals surface area (Å²) >= 11 is 9.63. The second-order valence-electron chi connectivity index (χ2n) is 8.33. The van der Waals surface area contributed by atoms with Gasteiger partial charge in [0.2, 0.25) is 6.23 Å². The largest absolute Gasteiger partial charge is 0.464 e. The van der Waals surface area contributed by atoms with Crippen LogP contribution >= 0.6 is 27.5 Å². The molecule has 8 heteroatoms. The van der Waals surface area contributed by atoms with E-state index in [-0.39, 0.29) is 16.8 Å². The molecule has 0 aliphatic carbocycles. The molecule has 2 atom stereocenters. The minimum atomic E-state index is -0.618. The molecule has 2 unspecified atom stereocenters. The Morgan fingerprint density at radius 2 is 1.85 bits per heavy atom. The molecule has 0 radical (unpaired) electrons. The van der Waals surface area contributed by atoms with Gasteiger partial charge in [-0.25, -0.2) is 5.01 Å². The topological polar surface area (TPSA) is 68.0 Å². The van der Waals surface area contributed by atoms with E-state index < -0.39 is 11.2 Å². The number of halogens is 2. The highest BCUT2D eigenvalue weighted by atomic mass is 79.9. The summed E-state index contributed by atoms with van der Waals surface area (Å²) in [4.78, 5) is 11.0. The Labute approximate surface area is 208 Å². The standard InChI is InChI=1S/C26H17BrClN3O3/c27-19-8-10-25-20(13-19)23-14-22(17-6-5-15-3-1-2-4-16(15)11-17)29-30(23)26(34-25)18-7-9-21(28)24(12-18)31(32)33/h1-13,23,26H,14H2. The zero-order chi connectivity index (χ0) is 23.4. The van der Waals surface area contributed by atoms with Crippen molar-refractivity contribution in [1.29, 1.82) is 0 Å². The van der Waals surface area contributed by atoms with Crippen LogP contribution in [0.4, 0.5) is 5.69 Å². The Balaban J connectivity index is 1.47. The lowest BCUT2D eigenvalue weighted by atomic mass is 9.95. The van der Waals surface area contributed by atoms with Gasteiger partial charge in [-0.05, 0) is 46.7 Å². The van der Waals surface area contributed by atoms with E-state index >= 15 is 0 Å². The monoisotopic (exact) mass is 533 g/mol. The molecule has 2 heterocycles. The molecule has 0 aromatic heterocycles. The fourth-order valence-corrected chi connectivity index (χ4v) is 5.21. The number of ether oxygens (including phenoxy) is 1. The van der Waals surface area contributed by atoms with Gasteiger partial charge in [-0.1, -0.05) is 70.0 Å². The lowest BCUT2D eigenvalue weighted by Gasteiger charge is -2.38. The highest BCUT2D eigenvalue weighted by molar-refractivity contribution is 9.10. The molecule has 168 valence electrons. The maximum Gasteiger partial charge on any atom is 0.288 e. The van der Waals surface area contributed by atoms with Gasteiger partial charge in [0.05, 0.1) is 16.7 Å². The van der Waals surface area contributed by atoms with Crippen LogP contribution in [-0.4, -0.2) is 15.6 Å². The number of nitro groups is 1. The zero-order valence-electron chi connectivity index (χ0n) is 17.7. The average molecular weight is 535 g/mol. The van der Waals surface area contributed by atoms with Gasteiger partial charge in [-0.2, -0.15) is 5.10 Å². The number of rotatable bonds is 3. The van der Waals surface area contributed by atoms with Crippen LogP contribution < -0.4 is 4.74 Å². The third-order valence-corrected chi connectivity index (χ3v) is 7.10. The molecule has 6 nitrogen and oxygen atoms in total. The Kier molecular flexibility index (Phi) is 5.04. The summed E-state index contributed by atoms with van der Waals surface area (Å²) in [7, 11) is 0. The van der Waals surface area contributed by atoms with Gasteiger partial charge in [0.15, 0.2) is 0 Å². The van der Waals surface area contributed by atoms with Crippen LogP contribution in [0.5, 0.6) is 5.75 Å². The van der Waals surface area contributed by atoms with Crippen LogP contribution in [0, 0.1) is 10.1 Å². The molecular formula is C26H17BrClN3O3. The van der Waals surface area contributed by atoms with Crippen molar-refractivity contribution in [2.45, 2.75) is 18.7 Å². The highest BCUT2D eigenvalue weighted by Gasteiger charge is 2.41. The van der Waals surface area contributed by atoms with Crippen LogP contribution in [0.3, 0.4) is 0 Å². The molecule has 6 rings (SSSR count). The van der Waals surface area contributed by atoms with Crippen molar-refractivity contribution in [2.24, 2.45) is 5.10 Å². The average Bonchev–Trinajstić information content (AvgIpc) is 3.29. The Morgan fingerprint density at radius 3 is 2.68 bits per heavy atom. The fourth-order valence-electron chi connectivity index (χ4n) is 4.64. The molecule has 2 aliphatic rings. The molecule has 0 saturated heterocycles. The van der Waals surface area contributed by atoms with Crippen molar-refractivity contribution in [3.63, 3.8) is 0 Å². The predicted molar refractivity (Wildman–Crippen MR) is 135 cm³/mol. The number of hydrogen-bond acceptors (Lipinski definition) is 5. The number of hydrogen-bond donors (Lipinski definition) is 0. The van der Waals surface area contributed by atoms with Crippen LogP contribution in [0.15, 0.2) is 88.4 Å². The molecule has 0 spiro atoms. The third-order valence-electron chi connectivity index (χ3n) is 6.29. The summed E-state index contributed by atoms with van der Waals surface area (Å²) in [5.74, 6) is 0.738. The normalized spacial score (nSPS) is 18.8. The smallest absolute Gasteiger partial charge is 0.288 e. The van der Waals surface area contributed by atoms with E-state index in [0.717, 1.165) is 32.4 Å². The van der Waals surface area contributed by atoms with Crippen LogP contribution in [0.1, 0.15) is 35.4 Å². The Morgan fingerprint density at radius 1 is 1.03 bits per heavy atom. The van der Waals surface area contributed by atoms with Crippen LogP contribution in [-0.2, 0) is 0 Å². The number of fused-ring (bicyclic) bond motifs is 4. The summed E-state index contributed by atoms with van der Waals surface area (Å²) in [6, 6.07) is 25.2. The van der Waals surface area contributed by atoms with Gasteiger partial charge in [-0.3, -0.25) is 10.1 Å². The third kappa shape index (κ3) is 3.52. The van der Waals surface area contributed by atoms with Gasteiger partial charge >= 0.3 is 0 Å². The molecule has 0 N–H and O–H groups in total. The van der Waals surface area contributed by atoms with Crippen molar-refractivity contribution in [3.05, 3.63) is 115 Å². The van der Waals surface area contributed by atoms with Gasteiger partial charge in [0.1, 0.15) is 10.8 Å². The number of hydrazone groups is 1. The highest BCUT2D eigenvalue weighted by Crippen LogP contribution is 2.48. The molecule has 0 bridgehead atoms. The van der Waals surface area contributed by atoms with Crippen molar-refractivity contribution >= 4 is 49.7 Å². The molecular weight excluding hydrogens is 518 g/mol. The van der Waals surface area contributed by atoms with E-state index in [1.54, 1.807) is 6.07 Å². The molecule has 0 fully saturated rings. The molecule has 0 saturated carbocycles. The van der Waals surface area contributed by atoms with Gasteiger partial charge in [0.25, 0.3) is 5.69 Å². The zero-order valence-corrected chi connectivity index (χ0v) is 20.0. The fraction of sp³-hybridized carbons (Fsp3) is 0.115. The first-order valence-corrected chi connectivity index (χ1v) is 11.9. The van der Waals surface area contributed by atoms with E-state index in [1.165, 1.54) is 17.5 Å². The maximum absolute atomic E-state index is 11.5. The first-order chi connectivity index (χ1) is 16.5. The van der Waals surface area contributed by atoms with E-state index in [1.807, 2.05) is 35.3 Å². The van der Waals surface area contributed by atoms with E-state index in [4.69, 9.17) is 21.4 Å². The van der Waals surface area contributed by atoms with E-state index in [2.05, 4.69) is 46.3 Å². The summed E-state index contributed by atoms with van der Waals surface area (Å²) in [6.45, 7) is 0. The van der Waals surface area contributed by atoms with Crippen LogP contribution in [0.2, 0.25) is 5.02 Å². The Hall–Kier alpha value is -3.42. The minimum Gasteiger partial charge on any atom is -0.464 e. The minimum absolute atomic E-state index is 0.0672. The first-order valence-electron chi connectivity index (χ1n) is 10.7. The summed E-state index contributed by atoms with van der Waals surface area (Å²) in [6.07, 6.45) is 0.0738. The summed E-state index contributed by atoms with van der Waals surface area (Å²) in [5, 5.41) is 20.8. The second kappa shape index (κ2) is 8.11. The van der Waals surface area contributed by atoms with Crippen molar-refractivity contribution in [2.75, 3.05) is 0 Å². The van der Waals surface area contributed by atoms with Gasteiger partial charge < -0.3 is 4.74 Å². The van der Waals surface area contributed by atoms with Gasteiger partial charge in [-0.15, -0.1) is 0 Å². The van der Waals surface area contributed by atoms with Crippen molar-refractivity contribution in [3.8, 4) is 5.75 Å². The van der Waals surface area contributed by atoms with Gasteiger partial charge in [0, 0.05) is 28.1 Å². The predicted octanol–water partition coefficient (Wildman–Crippen LogP) is 7.41. The van der Waals surface area contributed by atoms with Crippen LogP contribution in [0.25, 0.3) is 10.8 Å². The van der Waals surface area contributed by atoms with Crippen molar-refractivity contribution < 1.29 is 9.66 Å². The lowest BCUT2D eigenvalue weighted by Crippen LogP contribution is -2.33. The summed E-state index contributed by atoms with van der Waals surface area (Å²) < 4.78 is 7.30. The first kappa shape index (κ1) is 21.1. The lowest BCUT2D eigenvalue weighted by molar-refractivity contribution is -0.384. The quantitative estimate of drug-likeness (QED) is 0.203. The molecule has 34 heavy (non-hydrogen) atoms. The molecule has 2 aliphatic heterocycles. The molecule has 4 aromatic carbocycles. The number of benzene rings is 4. The maximum atomic E-state index is 11.5. The molecule has 0 amide bonds.